The molecule has 0 saturated carbocycles. The Hall–Kier alpha value is -2.58. The maximum atomic E-state index is 6.57. The lowest BCUT2D eigenvalue weighted by Crippen LogP contribution is -2.33. The molecule has 0 saturated heterocycles. The zero-order chi connectivity index (χ0) is 17.5. The first-order chi connectivity index (χ1) is 12.3. The van der Waals surface area contributed by atoms with E-state index in [9.17, 15) is 0 Å². The Balaban J connectivity index is 2.23. The van der Waals surface area contributed by atoms with Gasteiger partial charge in [0.15, 0.2) is 0 Å². The molecular formula is C23H24O2. The molecule has 0 heterocycles. The molecule has 25 heavy (non-hydrogen) atoms. The number of rotatable bonds is 7. The zero-order valence-electron chi connectivity index (χ0n) is 14.8. The van der Waals surface area contributed by atoms with Crippen LogP contribution in [0.3, 0.4) is 0 Å². The molecule has 3 aromatic carbocycles. The predicted octanol–water partition coefficient (Wildman–Crippen LogP) is 5.41. The lowest BCUT2D eigenvalue weighted by atomic mass is 9.80. The molecule has 0 spiro atoms. The van der Waals surface area contributed by atoms with Crippen molar-refractivity contribution in [2.45, 2.75) is 18.9 Å². The average Bonchev–Trinajstić information content (AvgIpc) is 2.71. The summed E-state index contributed by atoms with van der Waals surface area (Å²) in [5.74, 6) is 0.842. The van der Waals surface area contributed by atoms with Gasteiger partial charge in [0.2, 0.25) is 0 Å². The van der Waals surface area contributed by atoms with Crippen LogP contribution in [0, 0.1) is 0 Å². The van der Waals surface area contributed by atoms with Crippen LogP contribution in [0.4, 0.5) is 0 Å². The smallest absolute Gasteiger partial charge is 0.143 e. The topological polar surface area (TPSA) is 18.5 Å². The molecule has 0 aliphatic carbocycles. The minimum atomic E-state index is -0.634. The molecule has 2 heteroatoms. The van der Waals surface area contributed by atoms with Gasteiger partial charge in [-0.05, 0) is 35.2 Å². The van der Waals surface area contributed by atoms with E-state index >= 15 is 0 Å². The molecule has 3 rings (SSSR count). The lowest BCUT2D eigenvalue weighted by molar-refractivity contribution is 0.0132. The van der Waals surface area contributed by atoms with Crippen molar-refractivity contribution in [1.82, 2.24) is 0 Å². The molecule has 128 valence electrons. The summed E-state index contributed by atoms with van der Waals surface area (Å²) in [6, 6.07) is 29.0. The van der Waals surface area contributed by atoms with Crippen molar-refractivity contribution in [2.24, 2.45) is 0 Å². The van der Waals surface area contributed by atoms with Gasteiger partial charge in [-0.2, -0.15) is 0 Å². The molecule has 0 amide bonds. The Morgan fingerprint density at radius 2 is 1.16 bits per heavy atom. The molecule has 3 aromatic rings. The summed E-state index contributed by atoms with van der Waals surface area (Å²) >= 11 is 0. The van der Waals surface area contributed by atoms with Crippen LogP contribution in [-0.4, -0.2) is 13.7 Å². The molecule has 0 N–H and O–H groups in total. The summed E-state index contributed by atoms with van der Waals surface area (Å²) in [6.07, 6.45) is 0.956. The summed E-state index contributed by atoms with van der Waals surface area (Å²) in [5.41, 5.74) is 2.71. The third kappa shape index (κ3) is 3.45. The zero-order valence-corrected chi connectivity index (χ0v) is 14.8. The fourth-order valence-corrected chi connectivity index (χ4v) is 3.18. The van der Waals surface area contributed by atoms with Gasteiger partial charge in [-0.25, -0.2) is 0 Å². The van der Waals surface area contributed by atoms with Gasteiger partial charge in [-0.3, -0.25) is 0 Å². The number of ether oxygens (including phenoxy) is 2. The van der Waals surface area contributed by atoms with Crippen LogP contribution in [0.25, 0.3) is 0 Å². The van der Waals surface area contributed by atoms with Crippen LogP contribution in [0.2, 0.25) is 0 Å². The van der Waals surface area contributed by atoms with E-state index < -0.39 is 5.60 Å². The van der Waals surface area contributed by atoms with Crippen molar-refractivity contribution >= 4 is 0 Å². The van der Waals surface area contributed by atoms with E-state index in [4.69, 9.17) is 9.47 Å². The van der Waals surface area contributed by atoms with Gasteiger partial charge in [0.05, 0.1) is 7.11 Å². The predicted molar refractivity (Wildman–Crippen MR) is 102 cm³/mol. The van der Waals surface area contributed by atoms with Crippen molar-refractivity contribution < 1.29 is 9.47 Å². The molecule has 0 atom stereocenters. The second-order valence-corrected chi connectivity index (χ2v) is 5.99. The molecular weight excluding hydrogens is 308 g/mol. The standard InChI is InChI=1S/C23H24O2/c1-3-18-25-23(19-10-6-4-7-11-19,20-12-8-5-9-13-20)21-14-16-22(24-2)17-15-21/h4-17H,3,18H2,1-2H3. The minimum absolute atomic E-state index is 0.634. The highest BCUT2D eigenvalue weighted by molar-refractivity contribution is 5.48. The monoisotopic (exact) mass is 332 g/mol. The van der Waals surface area contributed by atoms with Gasteiger partial charge in [0, 0.05) is 6.61 Å². The van der Waals surface area contributed by atoms with Crippen molar-refractivity contribution in [2.75, 3.05) is 13.7 Å². The van der Waals surface area contributed by atoms with Crippen LogP contribution >= 0.6 is 0 Å². The fraction of sp³-hybridized carbons (Fsp3) is 0.217. The molecule has 0 radical (unpaired) electrons. The number of methoxy groups -OCH3 is 1. The number of benzene rings is 3. The van der Waals surface area contributed by atoms with Crippen LogP contribution in [0.15, 0.2) is 84.9 Å². The Kier molecular flexibility index (Phi) is 5.52. The molecule has 2 nitrogen and oxygen atoms in total. The van der Waals surface area contributed by atoms with Crippen molar-refractivity contribution in [3.63, 3.8) is 0 Å². The van der Waals surface area contributed by atoms with E-state index in [0.717, 1.165) is 28.9 Å². The van der Waals surface area contributed by atoms with Crippen LogP contribution in [0.1, 0.15) is 30.0 Å². The number of hydrogen-bond acceptors (Lipinski definition) is 2. The Labute approximate surface area is 150 Å². The molecule has 0 bridgehead atoms. The normalized spacial score (nSPS) is 11.3. The van der Waals surface area contributed by atoms with E-state index in [2.05, 4.69) is 67.6 Å². The fourth-order valence-electron chi connectivity index (χ4n) is 3.18. The second kappa shape index (κ2) is 8.00. The third-order valence-corrected chi connectivity index (χ3v) is 4.38. The lowest BCUT2D eigenvalue weighted by Gasteiger charge is -2.36. The third-order valence-electron chi connectivity index (χ3n) is 4.38. The summed E-state index contributed by atoms with van der Waals surface area (Å²) < 4.78 is 11.9. The van der Waals surface area contributed by atoms with E-state index in [1.165, 1.54) is 0 Å². The Morgan fingerprint density at radius 1 is 0.680 bits per heavy atom. The van der Waals surface area contributed by atoms with Crippen molar-refractivity contribution in [3.8, 4) is 5.75 Å². The van der Waals surface area contributed by atoms with Gasteiger partial charge in [0.25, 0.3) is 0 Å². The molecule has 0 aromatic heterocycles. The molecule has 0 aliphatic heterocycles. The second-order valence-electron chi connectivity index (χ2n) is 5.99. The maximum absolute atomic E-state index is 6.57. The van der Waals surface area contributed by atoms with Gasteiger partial charge in [-0.15, -0.1) is 0 Å². The van der Waals surface area contributed by atoms with Crippen molar-refractivity contribution in [1.29, 1.82) is 0 Å². The van der Waals surface area contributed by atoms with Crippen LogP contribution in [0.5, 0.6) is 5.75 Å². The summed E-state index contributed by atoms with van der Waals surface area (Å²) in [6.45, 7) is 2.81. The van der Waals surface area contributed by atoms with E-state index in [1.54, 1.807) is 7.11 Å². The molecule has 0 unspecified atom stereocenters. The Morgan fingerprint density at radius 3 is 1.60 bits per heavy atom. The highest BCUT2D eigenvalue weighted by Crippen LogP contribution is 2.41. The van der Waals surface area contributed by atoms with E-state index in [-0.39, 0.29) is 0 Å². The largest absolute Gasteiger partial charge is 0.497 e. The highest BCUT2D eigenvalue weighted by atomic mass is 16.5. The first kappa shape index (κ1) is 17.2. The van der Waals surface area contributed by atoms with Gasteiger partial charge in [-0.1, -0.05) is 79.7 Å². The summed E-state index contributed by atoms with van der Waals surface area (Å²) in [4.78, 5) is 0. The van der Waals surface area contributed by atoms with Gasteiger partial charge < -0.3 is 9.47 Å². The summed E-state index contributed by atoms with van der Waals surface area (Å²) in [5, 5.41) is 0. The molecule has 0 fully saturated rings. The molecule has 0 aliphatic rings. The quantitative estimate of drug-likeness (QED) is 0.538. The van der Waals surface area contributed by atoms with Crippen molar-refractivity contribution in [3.05, 3.63) is 102 Å². The average molecular weight is 332 g/mol. The number of hydrogen-bond donors (Lipinski definition) is 0. The summed E-state index contributed by atoms with van der Waals surface area (Å²) in [7, 11) is 1.68. The maximum Gasteiger partial charge on any atom is 0.143 e. The SMILES string of the molecule is CCCOC(c1ccccc1)(c1ccccc1)c1ccc(OC)cc1. The first-order valence-electron chi connectivity index (χ1n) is 8.71. The first-order valence-corrected chi connectivity index (χ1v) is 8.71. The Bertz CT molecular complexity index is 725. The van der Waals surface area contributed by atoms with E-state index in [0.29, 0.717) is 6.61 Å². The van der Waals surface area contributed by atoms with Gasteiger partial charge >= 0.3 is 0 Å². The van der Waals surface area contributed by atoms with Crippen LogP contribution < -0.4 is 4.74 Å². The van der Waals surface area contributed by atoms with Gasteiger partial charge in [0.1, 0.15) is 11.4 Å². The highest BCUT2D eigenvalue weighted by Gasteiger charge is 2.37. The van der Waals surface area contributed by atoms with Crippen LogP contribution in [-0.2, 0) is 10.3 Å². The van der Waals surface area contributed by atoms with E-state index in [1.807, 2.05) is 24.3 Å². The minimum Gasteiger partial charge on any atom is -0.497 e.